The first-order valence-electron chi connectivity index (χ1n) is 6.38. The molecule has 5 nitrogen and oxygen atoms in total. The van der Waals surface area contributed by atoms with E-state index in [1.807, 2.05) is 24.3 Å². The first-order valence-corrected chi connectivity index (χ1v) is 7.84. The van der Waals surface area contributed by atoms with Gasteiger partial charge in [0.2, 0.25) is 0 Å². The van der Waals surface area contributed by atoms with Crippen LogP contribution in [0.15, 0.2) is 24.3 Å². The molecule has 0 saturated carbocycles. The Kier molecular flexibility index (Phi) is 5.54. The Bertz CT molecular complexity index is 511. The standard InChI is InChI=1S/C13H16ClNO4S/c1-2-10-4-3-5-11(8-10)18-12-6-7-15(9-12)19-20(17)13(14)16/h3-5,8,12H,2,6-7,9H2,1H3. The molecule has 110 valence electrons. The third-order valence-electron chi connectivity index (χ3n) is 3.02. The van der Waals surface area contributed by atoms with E-state index in [2.05, 4.69) is 6.92 Å². The Morgan fingerprint density at radius 2 is 2.35 bits per heavy atom. The average Bonchev–Trinajstić information content (AvgIpc) is 2.86. The number of aryl methyl sites for hydroxylation is 1. The number of halogens is 1. The molecule has 0 bridgehead atoms. The molecule has 1 fully saturated rings. The zero-order chi connectivity index (χ0) is 14.5. The van der Waals surface area contributed by atoms with Crippen molar-refractivity contribution in [3.05, 3.63) is 29.8 Å². The number of rotatable bonds is 5. The fraction of sp³-hybridized carbons (Fsp3) is 0.462. The summed E-state index contributed by atoms with van der Waals surface area (Å²) in [5.74, 6) is 0.811. The molecule has 1 aliphatic rings. The molecule has 0 amide bonds. The van der Waals surface area contributed by atoms with Crippen molar-refractivity contribution in [2.24, 2.45) is 0 Å². The number of carbonyl (C=O) groups excluding carboxylic acids is 1. The molecule has 0 aliphatic carbocycles. The van der Waals surface area contributed by atoms with Gasteiger partial charge in [-0.3, -0.25) is 4.79 Å². The van der Waals surface area contributed by atoms with Crippen LogP contribution in [-0.4, -0.2) is 33.0 Å². The summed E-state index contributed by atoms with van der Waals surface area (Å²) in [5, 5.41) is 1.45. The minimum absolute atomic E-state index is 0.0514. The van der Waals surface area contributed by atoms with Crippen molar-refractivity contribution < 1.29 is 18.0 Å². The quantitative estimate of drug-likeness (QED) is 0.781. The summed E-state index contributed by atoms with van der Waals surface area (Å²) in [6.07, 6.45) is 1.64. The van der Waals surface area contributed by atoms with E-state index in [4.69, 9.17) is 20.6 Å². The van der Waals surface area contributed by atoms with E-state index < -0.39 is 15.7 Å². The molecule has 0 aromatic heterocycles. The van der Waals surface area contributed by atoms with Crippen molar-refractivity contribution in [3.63, 3.8) is 0 Å². The van der Waals surface area contributed by atoms with Crippen molar-refractivity contribution in [2.75, 3.05) is 13.1 Å². The maximum absolute atomic E-state index is 11.2. The van der Waals surface area contributed by atoms with Crippen molar-refractivity contribution in [3.8, 4) is 5.75 Å². The highest BCUT2D eigenvalue weighted by Gasteiger charge is 2.27. The Balaban J connectivity index is 1.86. The summed E-state index contributed by atoms with van der Waals surface area (Å²) < 4.78 is 20.9. The number of ether oxygens (including phenoxy) is 1. The van der Waals surface area contributed by atoms with E-state index in [-0.39, 0.29) is 6.10 Å². The number of benzene rings is 1. The van der Waals surface area contributed by atoms with Crippen LogP contribution < -0.4 is 4.74 Å². The van der Waals surface area contributed by atoms with E-state index in [1.54, 1.807) is 0 Å². The molecule has 1 heterocycles. The lowest BCUT2D eigenvalue weighted by atomic mass is 10.1. The monoisotopic (exact) mass is 317 g/mol. The Morgan fingerprint density at radius 3 is 3.05 bits per heavy atom. The normalized spacial score (nSPS) is 20.8. The van der Waals surface area contributed by atoms with Crippen molar-refractivity contribution in [1.82, 2.24) is 5.06 Å². The van der Waals surface area contributed by atoms with Crippen LogP contribution in [0.3, 0.4) is 0 Å². The van der Waals surface area contributed by atoms with Crippen molar-refractivity contribution in [2.45, 2.75) is 25.9 Å². The molecule has 2 unspecified atom stereocenters. The highest BCUT2D eigenvalue weighted by atomic mass is 35.5. The summed E-state index contributed by atoms with van der Waals surface area (Å²) in [7, 11) is 0. The molecule has 0 spiro atoms. The zero-order valence-corrected chi connectivity index (χ0v) is 12.7. The van der Waals surface area contributed by atoms with Gasteiger partial charge in [-0.25, -0.2) is 4.21 Å². The molecule has 0 radical (unpaired) electrons. The molecule has 1 aliphatic heterocycles. The molecule has 0 N–H and O–H groups in total. The van der Waals surface area contributed by atoms with Crippen molar-refractivity contribution in [1.29, 1.82) is 0 Å². The van der Waals surface area contributed by atoms with Gasteiger partial charge in [0.25, 0.3) is 11.1 Å². The number of hydroxylamine groups is 2. The molecule has 1 aromatic rings. The molecular formula is C13H16ClNO4S. The maximum Gasteiger partial charge on any atom is 0.338 e. The van der Waals surface area contributed by atoms with E-state index in [0.29, 0.717) is 13.1 Å². The van der Waals surface area contributed by atoms with Crippen LogP contribution in [0.1, 0.15) is 18.9 Å². The van der Waals surface area contributed by atoms with E-state index in [9.17, 15) is 9.00 Å². The summed E-state index contributed by atoms with van der Waals surface area (Å²) in [5.41, 5.74) is 1.21. The minimum Gasteiger partial charge on any atom is -0.489 e. The van der Waals surface area contributed by atoms with Crippen molar-refractivity contribution >= 4 is 27.3 Å². The third-order valence-corrected chi connectivity index (χ3v) is 4.01. The van der Waals surface area contributed by atoms with E-state index >= 15 is 0 Å². The lowest BCUT2D eigenvalue weighted by molar-refractivity contribution is -0.0265. The van der Waals surface area contributed by atoms with Crippen LogP contribution >= 0.6 is 11.6 Å². The summed E-state index contributed by atoms with van der Waals surface area (Å²) in [6, 6.07) is 7.91. The fourth-order valence-electron chi connectivity index (χ4n) is 2.02. The second-order valence-corrected chi connectivity index (χ2v) is 6.02. The summed E-state index contributed by atoms with van der Waals surface area (Å²) >= 11 is 2.95. The SMILES string of the molecule is CCc1cccc(OC2CCN(OS(=O)C(=O)Cl)C2)c1. The van der Waals surface area contributed by atoms with Gasteiger partial charge in [-0.1, -0.05) is 19.1 Å². The minimum atomic E-state index is -2.13. The number of hydrogen-bond acceptors (Lipinski definition) is 5. The highest BCUT2D eigenvalue weighted by Crippen LogP contribution is 2.20. The number of carbonyl (C=O) groups is 1. The molecule has 2 atom stereocenters. The molecule has 1 aromatic carbocycles. The lowest BCUT2D eigenvalue weighted by Gasteiger charge is -2.15. The van der Waals surface area contributed by atoms with Crippen LogP contribution in [0.4, 0.5) is 4.79 Å². The van der Waals surface area contributed by atoms with Gasteiger partial charge in [-0.05, 0) is 35.7 Å². The highest BCUT2D eigenvalue weighted by molar-refractivity contribution is 7.99. The van der Waals surface area contributed by atoms with Gasteiger partial charge in [0.15, 0.2) is 0 Å². The lowest BCUT2D eigenvalue weighted by Crippen LogP contribution is -2.27. The molecular weight excluding hydrogens is 302 g/mol. The predicted octanol–water partition coefficient (Wildman–Crippen LogP) is 2.66. The largest absolute Gasteiger partial charge is 0.489 e. The van der Waals surface area contributed by atoms with Gasteiger partial charge in [0.05, 0.1) is 6.54 Å². The van der Waals surface area contributed by atoms with Crippen LogP contribution in [0.2, 0.25) is 0 Å². The van der Waals surface area contributed by atoms with E-state index in [0.717, 1.165) is 18.6 Å². The predicted molar refractivity (Wildman–Crippen MR) is 76.9 cm³/mol. The van der Waals surface area contributed by atoms with Gasteiger partial charge >= 0.3 is 4.57 Å². The van der Waals surface area contributed by atoms with Gasteiger partial charge in [0.1, 0.15) is 11.9 Å². The zero-order valence-electron chi connectivity index (χ0n) is 11.1. The molecule has 1 saturated heterocycles. The Hall–Kier alpha value is -0.950. The van der Waals surface area contributed by atoms with Gasteiger partial charge in [0, 0.05) is 13.0 Å². The average molecular weight is 318 g/mol. The first kappa shape index (κ1) is 15.4. The smallest absolute Gasteiger partial charge is 0.338 e. The van der Waals surface area contributed by atoms with Gasteiger partial charge in [-0.15, -0.1) is 0 Å². The molecule has 7 heteroatoms. The molecule has 2 rings (SSSR count). The fourth-order valence-corrected chi connectivity index (χ4v) is 2.49. The first-order chi connectivity index (χ1) is 9.58. The number of nitrogens with zero attached hydrogens (tertiary/aromatic N) is 1. The van der Waals surface area contributed by atoms with E-state index in [1.165, 1.54) is 10.6 Å². The van der Waals surface area contributed by atoms with Crippen LogP contribution in [-0.2, 0) is 21.8 Å². The van der Waals surface area contributed by atoms with Crippen LogP contribution in [0.25, 0.3) is 0 Å². The summed E-state index contributed by atoms with van der Waals surface area (Å²) in [4.78, 5) is 10.7. The Labute approximate surface area is 125 Å². The topological polar surface area (TPSA) is 55.8 Å². The Morgan fingerprint density at radius 1 is 1.55 bits per heavy atom. The van der Waals surface area contributed by atoms with Gasteiger partial charge < -0.3 is 4.74 Å². The maximum atomic E-state index is 11.2. The second kappa shape index (κ2) is 7.17. The van der Waals surface area contributed by atoms with Crippen LogP contribution in [0, 0.1) is 0 Å². The number of hydrogen-bond donors (Lipinski definition) is 0. The van der Waals surface area contributed by atoms with Crippen LogP contribution in [0.5, 0.6) is 5.75 Å². The molecule has 20 heavy (non-hydrogen) atoms. The second-order valence-electron chi connectivity index (χ2n) is 4.46. The van der Waals surface area contributed by atoms with Gasteiger partial charge in [-0.2, -0.15) is 9.35 Å². The summed E-state index contributed by atoms with van der Waals surface area (Å²) in [6.45, 7) is 3.09. The third kappa shape index (κ3) is 4.28.